The number of ether oxygens (including phenoxy) is 2. The number of methoxy groups -OCH3 is 2. The first kappa shape index (κ1) is 17.8. The summed E-state index contributed by atoms with van der Waals surface area (Å²) in [6, 6.07) is 10.2. The molecule has 3 rings (SSSR count). The van der Waals surface area contributed by atoms with E-state index in [2.05, 4.69) is 31.1 Å². The van der Waals surface area contributed by atoms with E-state index in [4.69, 9.17) is 9.47 Å². The number of nitrogens with one attached hydrogen (secondary N) is 1. The van der Waals surface area contributed by atoms with Crippen molar-refractivity contribution in [2.45, 2.75) is 10.9 Å². The van der Waals surface area contributed by atoms with Crippen molar-refractivity contribution in [1.82, 2.24) is 15.2 Å². The number of H-pyrrole nitrogens is 1. The fraction of sp³-hybridized carbons (Fsp3) is 0.176. The second-order valence-corrected chi connectivity index (χ2v) is 6.74. The van der Waals surface area contributed by atoms with E-state index >= 15 is 0 Å². The zero-order valence-corrected chi connectivity index (χ0v) is 15.9. The molecule has 0 aliphatic rings. The van der Waals surface area contributed by atoms with Gasteiger partial charge < -0.3 is 9.47 Å². The minimum atomic E-state index is -0.335. The van der Waals surface area contributed by atoms with Crippen LogP contribution in [0.1, 0.15) is 5.56 Å². The standard InChI is InChI=1S/C17H15BrFN3O2S/c1-23-13-8-7-10(14(18)15(13)24-2)9-25-17-20-16(21-22-17)11-5-3-4-6-12(11)19/h3-8H,9H2,1-2H3,(H,20,21,22). The van der Waals surface area contributed by atoms with Crippen LogP contribution in [-0.4, -0.2) is 29.4 Å². The van der Waals surface area contributed by atoms with Gasteiger partial charge in [-0.05, 0) is 39.7 Å². The molecule has 0 bridgehead atoms. The van der Waals surface area contributed by atoms with Crippen molar-refractivity contribution < 1.29 is 13.9 Å². The molecule has 0 radical (unpaired) electrons. The molecule has 0 fully saturated rings. The summed E-state index contributed by atoms with van der Waals surface area (Å²) in [6.45, 7) is 0. The molecule has 0 atom stereocenters. The Morgan fingerprint density at radius 2 is 1.96 bits per heavy atom. The fourth-order valence-electron chi connectivity index (χ4n) is 2.27. The molecule has 0 saturated heterocycles. The number of hydrogen-bond acceptors (Lipinski definition) is 5. The van der Waals surface area contributed by atoms with Crippen LogP contribution in [0, 0.1) is 5.82 Å². The second-order valence-electron chi connectivity index (χ2n) is 5.01. The molecule has 8 heteroatoms. The largest absolute Gasteiger partial charge is 0.493 e. The third-order valence-corrected chi connectivity index (χ3v) is 5.28. The number of halogens is 2. The van der Waals surface area contributed by atoms with E-state index in [-0.39, 0.29) is 5.82 Å². The van der Waals surface area contributed by atoms with Crippen molar-refractivity contribution in [1.29, 1.82) is 0 Å². The highest BCUT2D eigenvalue weighted by Crippen LogP contribution is 2.39. The van der Waals surface area contributed by atoms with Gasteiger partial charge in [0.15, 0.2) is 17.3 Å². The molecule has 0 unspecified atom stereocenters. The lowest BCUT2D eigenvalue weighted by molar-refractivity contribution is 0.353. The highest BCUT2D eigenvalue weighted by Gasteiger charge is 2.14. The fourth-order valence-corrected chi connectivity index (χ4v) is 3.87. The predicted octanol–water partition coefficient (Wildman–Crippen LogP) is 4.68. The Bertz CT molecular complexity index is 888. The molecule has 1 heterocycles. The zero-order chi connectivity index (χ0) is 17.8. The molecular weight excluding hydrogens is 409 g/mol. The van der Waals surface area contributed by atoms with Gasteiger partial charge in [0.2, 0.25) is 5.16 Å². The zero-order valence-electron chi connectivity index (χ0n) is 13.5. The van der Waals surface area contributed by atoms with Crippen LogP contribution in [0.5, 0.6) is 11.5 Å². The molecule has 0 aliphatic heterocycles. The van der Waals surface area contributed by atoms with E-state index in [1.165, 1.54) is 17.8 Å². The first-order chi connectivity index (χ1) is 12.1. The Morgan fingerprint density at radius 1 is 1.16 bits per heavy atom. The number of aromatic amines is 1. The summed E-state index contributed by atoms with van der Waals surface area (Å²) >= 11 is 4.98. The molecular formula is C17H15BrFN3O2S. The quantitative estimate of drug-likeness (QED) is 0.583. The Kier molecular flexibility index (Phi) is 5.60. The summed E-state index contributed by atoms with van der Waals surface area (Å²) in [6.07, 6.45) is 0. The summed E-state index contributed by atoms with van der Waals surface area (Å²) in [5.74, 6) is 1.99. The van der Waals surface area contributed by atoms with E-state index in [0.717, 1.165) is 10.0 Å². The van der Waals surface area contributed by atoms with Crippen molar-refractivity contribution in [3.05, 3.63) is 52.3 Å². The van der Waals surface area contributed by atoms with Gasteiger partial charge in [0.25, 0.3) is 0 Å². The van der Waals surface area contributed by atoms with Gasteiger partial charge in [-0.15, -0.1) is 5.10 Å². The van der Waals surface area contributed by atoms with E-state index in [9.17, 15) is 4.39 Å². The van der Waals surface area contributed by atoms with Crippen LogP contribution >= 0.6 is 27.7 Å². The molecule has 1 aromatic heterocycles. The molecule has 0 amide bonds. The van der Waals surface area contributed by atoms with Crippen LogP contribution < -0.4 is 9.47 Å². The molecule has 25 heavy (non-hydrogen) atoms. The van der Waals surface area contributed by atoms with E-state index in [1.807, 2.05) is 12.1 Å². The van der Waals surface area contributed by atoms with Crippen molar-refractivity contribution >= 4 is 27.7 Å². The van der Waals surface area contributed by atoms with Crippen LogP contribution in [-0.2, 0) is 5.75 Å². The van der Waals surface area contributed by atoms with Crippen LogP contribution in [0.2, 0.25) is 0 Å². The normalized spacial score (nSPS) is 10.7. The van der Waals surface area contributed by atoms with E-state index < -0.39 is 0 Å². The maximum absolute atomic E-state index is 13.8. The predicted molar refractivity (Wildman–Crippen MR) is 98.6 cm³/mol. The molecule has 5 nitrogen and oxygen atoms in total. The third-order valence-electron chi connectivity index (χ3n) is 3.52. The minimum Gasteiger partial charge on any atom is -0.493 e. The van der Waals surface area contributed by atoms with Crippen molar-refractivity contribution in [3.8, 4) is 22.9 Å². The number of thioether (sulfide) groups is 1. The van der Waals surface area contributed by atoms with Crippen molar-refractivity contribution in [2.75, 3.05) is 14.2 Å². The first-order valence-electron chi connectivity index (χ1n) is 7.33. The van der Waals surface area contributed by atoms with Gasteiger partial charge in [0.05, 0.1) is 24.3 Å². The van der Waals surface area contributed by atoms with Gasteiger partial charge in [0.1, 0.15) is 5.82 Å². The molecule has 0 aliphatic carbocycles. The Hall–Kier alpha value is -2.06. The summed E-state index contributed by atoms with van der Waals surface area (Å²) in [7, 11) is 3.19. The van der Waals surface area contributed by atoms with Gasteiger partial charge >= 0.3 is 0 Å². The lowest BCUT2D eigenvalue weighted by Crippen LogP contribution is -1.94. The van der Waals surface area contributed by atoms with Crippen LogP contribution in [0.15, 0.2) is 46.0 Å². The summed E-state index contributed by atoms with van der Waals surface area (Å²) in [5.41, 5.74) is 1.41. The second kappa shape index (κ2) is 7.88. The monoisotopic (exact) mass is 423 g/mol. The SMILES string of the molecule is COc1ccc(CSc2n[nH]c(-c3ccccc3F)n2)c(Br)c1OC. The van der Waals surface area contributed by atoms with Gasteiger partial charge in [-0.25, -0.2) is 9.37 Å². The molecule has 2 aromatic carbocycles. The lowest BCUT2D eigenvalue weighted by atomic mass is 10.2. The summed E-state index contributed by atoms with van der Waals surface area (Å²) in [5, 5.41) is 7.46. The smallest absolute Gasteiger partial charge is 0.209 e. The number of hydrogen-bond donors (Lipinski definition) is 1. The van der Waals surface area contributed by atoms with Gasteiger partial charge in [0, 0.05) is 5.75 Å². The molecule has 1 N–H and O–H groups in total. The maximum Gasteiger partial charge on any atom is 0.209 e. The number of benzene rings is 2. The third kappa shape index (κ3) is 3.80. The number of nitrogens with zero attached hydrogens (tertiary/aromatic N) is 2. The van der Waals surface area contributed by atoms with Gasteiger partial charge in [-0.1, -0.05) is 30.0 Å². The molecule has 0 saturated carbocycles. The average Bonchev–Trinajstić information content (AvgIpc) is 3.09. The number of rotatable bonds is 6. The van der Waals surface area contributed by atoms with Crippen molar-refractivity contribution in [2.24, 2.45) is 0 Å². The highest BCUT2D eigenvalue weighted by atomic mass is 79.9. The van der Waals surface area contributed by atoms with Gasteiger partial charge in [-0.3, -0.25) is 5.10 Å². The van der Waals surface area contributed by atoms with Crippen LogP contribution in [0.3, 0.4) is 0 Å². The first-order valence-corrected chi connectivity index (χ1v) is 9.11. The minimum absolute atomic E-state index is 0.335. The lowest BCUT2D eigenvalue weighted by Gasteiger charge is -2.12. The Morgan fingerprint density at radius 3 is 2.68 bits per heavy atom. The Balaban J connectivity index is 1.76. The summed E-state index contributed by atoms with van der Waals surface area (Å²) < 4.78 is 25.3. The van der Waals surface area contributed by atoms with Crippen LogP contribution in [0.4, 0.5) is 4.39 Å². The highest BCUT2D eigenvalue weighted by molar-refractivity contribution is 9.10. The molecule has 0 spiro atoms. The summed E-state index contributed by atoms with van der Waals surface area (Å²) in [4.78, 5) is 4.35. The molecule has 130 valence electrons. The van der Waals surface area contributed by atoms with E-state index in [1.54, 1.807) is 32.4 Å². The topological polar surface area (TPSA) is 60.0 Å². The molecule has 3 aromatic rings. The maximum atomic E-state index is 13.8. The van der Waals surface area contributed by atoms with Crippen LogP contribution in [0.25, 0.3) is 11.4 Å². The van der Waals surface area contributed by atoms with E-state index in [0.29, 0.717) is 33.8 Å². The van der Waals surface area contributed by atoms with Gasteiger partial charge in [-0.2, -0.15) is 0 Å². The van der Waals surface area contributed by atoms with Crippen molar-refractivity contribution in [3.63, 3.8) is 0 Å². The average molecular weight is 424 g/mol. The Labute approximate surface area is 157 Å². The number of aromatic nitrogens is 3.